The zero-order valence-corrected chi connectivity index (χ0v) is 19.2. The van der Waals surface area contributed by atoms with Crippen molar-refractivity contribution >= 4 is 47.2 Å². The molecule has 166 valence electrons. The molecule has 0 aromatic heterocycles. The zero-order valence-electron chi connectivity index (χ0n) is 16.8. The van der Waals surface area contributed by atoms with Crippen molar-refractivity contribution in [3.63, 3.8) is 0 Å². The highest BCUT2D eigenvalue weighted by Crippen LogP contribution is 2.31. The van der Waals surface area contributed by atoms with Crippen molar-refractivity contribution in [3.8, 4) is 10.6 Å². The quantitative estimate of drug-likeness (QED) is 0.324. The molecule has 0 bridgehead atoms. The van der Waals surface area contributed by atoms with Crippen LogP contribution >= 0.6 is 11.3 Å². The number of rotatable bonds is 5. The third kappa shape index (κ3) is 4.71. The number of sulfone groups is 1. The summed E-state index contributed by atoms with van der Waals surface area (Å²) in [5.74, 6) is 0. The lowest BCUT2D eigenvalue weighted by molar-refractivity contribution is 0.299. The van der Waals surface area contributed by atoms with Crippen molar-refractivity contribution in [2.45, 2.75) is 16.2 Å². The Hall–Kier alpha value is -2.70. The van der Waals surface area contributed by atoms with Crippen LogP contribution < -0.4 is 5.36 Å². The molecule has 2 aromatic carbocycles. The summed E-state index contributed by atoms with van der Waals surface area (Å²) in [5, 5.41) is 9.54. The van der Waals surface area contributed by atoms with Crippen LogP contribution in [0.1, 0.15) is 5.56 Å². The van der Waals surface area contributed by atoms with E-state index in [0.717, 1.165) is 50.8 Å². The summed E-state index contributed by atoms with van der Waals surface area (Å²) >= 11 is 1.48. The first-order valence-corrected chi connectivity index (χ1v) is 13.5. The van der Waals surface area contributed by atoms with Crippen LogP contribution in [-0.2, 0) is 26.4 Å². The van der Waals surface area contributed by atoms with Crippen molar-refractivity contribution in [2.75, 3.05) is 12.9 Å². The van der Waals surface area contributed by atoms with Gasteiger partial charge in [-0.25, -0.2) is 18.4 Å². The topological polar surface area (TPSA) is 134 Å². The van der Waals surface area contributed by atoms with Crippen LogP contribution in [0.5, 0.6) is 0 Å². The summed E-state index contributed by atoms with van der Waals surface area (Å²) in [6.07, 6.45) is 1.54. The van der Waals surface area contributed by atoms with Gasteiger partial charge in [0.05, 0.1) is 41.6 Å². The lowest BCUT2D eigenvalue weighted by atomic mass is 10.1. The SMILES string of the molecule is CS(=O)(=O)c1ccc(S(=O)(=O)O)cc1/N=c1/ccc2nc3cc(CCO)ccc3sc-2c1. The van der Waals surface area contributed by atoms with Gasteiger partial charge in [0.1, 0.15) is 0 Å². The minimum absolute atomic E-state index is 0.0572. The molecule has 0 spiro atoms. The average molecular weight is 491 g/mol. The van der Waals surface area contributed by atoms with Crippen LogP contribution in [0.3, 0.4) is 0 Å². The summed E-state index contributed by atoms with van der Waals surface area (Å²) in [7, 11) is -8.22. The third-order valence-electron chi connectivity index (χ3n) is 4.71. The van der Waals surface area contributed by atoms with Crippen LogP contribution in [0.15, 0.2) is 69.4 Å². The normalized spacial score (nSPS) is 13.2. The van der Waals surface area contributed by atoms with Crippen molar-refractivity contribution in [1.29, 1.82) is 0 Å². The summed E-state index contributed by atoms with van der Waals surface area (Å²) < 4.78 is 57.6. The van der Waals surface area contributed by atoms with Crippen LogP contribution in [0, 0.1) is 0 Å². The monoisotopic (exact) mass is 490 g/mol. The highest BCUT2D eigenvalue weighted by atomic mass is 32.2. The van der Waals surface area contributed by atoms with Crippen LogP contribution in [0.4, 0.5) is 5.69 Å². The van der Waals surface area contributed by atoms with Gasteiger partial charge in [-0.2, -0.15) is 8.42 Å². The average Bonchev–Trinajstić information content (AvgIpc) is 2.71. The summed E-state index contributed by atoms with van der Waals surface area (Å²) in [5.41, 5.74) is 2.42. The van der Waals surface area contributed by atoms with Crippen LogP contribution in [0.25, 0.3) is 20.8 Å². The Morgan fingerprint density at radius 2 is 1.78 bits per heavy atom. The van der Waals surface area contributed by atoms with Gasteiger partial charge in [-0.1, -0.05) is 6.07 Å². The molecular formula is C21H18N2O6S3. The van der Waals surface area contributed by atoms with E-state index in [2.05, 4.69) is 9.98 Å². The Morgan fingerprint density at radius 1 is 1.00 bits per heavy atom. The summed E-state index contributed by atoms with van der Waals surface area (Å²) in [4.78, 5) is 9.21. The predicted molar refractivity (Wildman–Crippen MR) is 122 cm³/mol. The fraction of sp³-hybridized carbons (Fsp3) is 0.143. The summed E-state index contributed by atoms with van der Waals surface area (Å²) in [6.45, 7) is 0.0572. The largest absolute Gasteiger partial charge is 0.396 e. The second-order valence-electron chi connectivity index (χ2n) is 7.13. The van der Waals surface area contributed by atoms with Crippen LogP contribution in [0.2, 0.25) is 0 Å². The van der Waals surface area contributed by atoms with Crippen molar-refractivity contribution < 1.29 is 26.5 Å². The number of fused-ring (bicyclic) bond motifs is 2. The highest BCUT2D eigenvalue weighted by molar-refractivity contribution is 7.91. The first kappa shape index (κ1) is 22.5. The first-order chi connectivity index (χ1) is 15.0. The van der Waals surface area contributed by atoms with Gasteiger partial charge in [0.15, 0.2) is 9.84 Å². The molecule has 4 rings (SSSR count). The fourth-order valence-corrected chi connectivity index (χ4v) is 5.49. The second-order valence-corrected chi connectivity index (χ2v) is 11.6. The minimum atomic E-state index is -4.53. The Kier molecular flexibility index (Phi) is 5.86. The number of aliphatic hydroxyl groups is 1. The van der Waals surface area contributed by atoms with Gasteiger partial charge in [0.2, 0.25) is 0 Å². The molecule has 0 saturated heterocycles. The second kappa shape index (κ2) is 8.34. The Balaban J connectivity index is 1.90. The maximum Gasteiger partial charge on any atom is 0.294 e. The number of hydrogen-bond donors (Lipinski definition) is 2. The van der Waals surface area contributed by atoms with E-state index in [1.54, 1.807) is 18.2 Å². The van der Waals surface area contributed by atoms with Crippen molar-refractivity contribution in [2.24, 2.45) is 4.99 Å². The fourth-order valence-electron chi connectivity index (χ4n) is 3.21. The van der Waals surface area contributed by atoms with Crippen molar-refractivity contribution in [1.82, 2.24) is 4.98 Å². The third-order valence-corrected chi connectivity index (χ3v) is 7.81. The van der Waals surface area contributed by atoms with E-state index in [9.17, 15) is 21.4 Å². The molecule has 8 nitrogen and oxygen atoms in total. The first-order valence-electron chi connectivity index (χ1n) is 9.35. The molecule has 0 unspecified atom stereocenters. The van der Waals surface area contributed by atoms with E-state index >= 15 is 0 Å². The van der Waals surface area contributed by atoms with Gasteiger partial charge < -0.3 is 5.11 Å². The predicted octanol–water partition coefficient (Wildman–Crippen LogP) is 2.82. The van der Waals surface area contributed by atoms with Gasteiger partial charge in [-0.3, -0.25) is 4.55 Å². The molecule has 0 saturated carbocycles. The molecule has 2 aliphatic rings. The molecule has 0 fully saturated rings. The van der Waals surface area contributed by atoms with Gasteiger partial charge >= 0.3 is 0 Å². The molecule has 1 heterocycles. The number of benzene rings is 3. The van der Waals surface area contributed by atoms with Crippen molar-refractivity contribution in [3.05, 3.63) is 65.5 Å². The van der Waals surface area contributed by atoms with Gasteiger partial charge in [-0.15, -0.1) is 11.3 Å². The molecular weight excluding hydrogens is 472 g/mol. The smallest absolute Gasteiger partial charge is 0.294 e. The Bertz CT molecular complexity index is 1590. The van der Waals surface area contributed by atoms with E-state index in [1.807, 2.05) is 18.2 Å². The molecule has 1 aliphatic carbocycles. The van der Waals surface area contributed by atoms with E-state index < -0.39 is 24.9 Å². The lowest BCUT2D eigenvalue weighted by Crippen LogP contribution is -2.05. The molecule has 1 aliphatic heterocycles. The molecule has 11 heteroatoms. The molecule has 32 heavy (non-hydrogen) atoms. The molecule has 0 radical (unpaired) electrons. The van der Waals surface area contributed by atoms with Gasteiger partial charge in [0, 0.05) is 12.9 Å². The molecule has 2 N–H and O–H groups in total. The summed E-state index contributed by atoms with van der Waals surface area (Å²) in [6, 6.07) is 14.1. The number of nitrogens with zero attached hydrogens (tertiary/aromatic N) is 2. The van der Waals surface area contributed by atoms with E-state index in [-0.39, 0.29) is 17.2 Å². The van der Waals surface area contributed by atoms with E-state index in [1.165, 1.54) is 11.3 Å². The zero-order chi connectivity index (χ0) is 23.1. The maximum absolute atomic E-state index is 12.1. The Morgan fingerprint density at radius 3 is 2.47 bits per heavy atom. The van der Waals surface area contributed by atoms with E-state index in [4.69, 9.17) is 5.11 Å². The minimum Gasteiger partial charge on any atom is -0.396 e. The molecule has 0 amide bonds. The Labute approximate surface area is 188 Å². The lowest BCUT2D eigenvalue weighted by Gasteiger charge is -2.08. The maximum atomic E-state index is 12.1. The number of aliphatic hydroxyl groups excluding tert-OH is 1. The number of aromatic nitrogens is 1. The van der Waals surface area contributed by atoms with Crippen LogP contribution in [-0.4, -0.2) is 44.3 Å². The van der Waals surface area contributed by atoms with Gasteiger partial charge in [0.25, 0.3) is 10.1 Å². The molecule has 2 aromatic rings. The standard InChI is InChI=1S/C21H18N2O6S3/c1-31(25,26)21-7-4-15(32(27,28)29)12-18(21)22-14-3-5-16-20(11-14)30-19-6-2-13(8-9-24)10-17(19)23-16/h2-7,10-12,24H,8-9H2,1H3,(H,27,28,29)/b22-14-. The van der Waals surface area contributed by atoms with E-state index in [0.29, 0.717) is 11.8 Å². The molecule has 0 atom stereocenters. The highest BCUT2D eigenvalue weighted by Gasteiger charge is 2.18. The number of hydrogen-bond acceptors (Lipinski definition) is 8. The van der Waals surface area contributed by atoms with Gasteiger partial charge in [-0.05, 0) is 60.5 Å².